The molecule has 70 valence electrons. The van der Waals surface area contributed by atoms with Crippen LogP contribution in [0.2, 0.25) is 0 Å². The van der Waals surface area contributed by atoms with Gasteiger partial charge in [0.05, 0.1) is 7.18 Å². The monoisotopic (exact) mass is 186 g/mol. The number of hydrogen-bond acceptors (Lipinski definition) is 0. The second-order valence-electron chi connectivity index (χ2n) is 2.67. The van der Waals surface area contributed by atoms with E-state index in [0.717, 1.165) is 10.9 Å². The molecule has 0 aliphatic rings. The van der Waals surface area contributed by atoms with Gasteiger partial charge in [0.2, 0.25) is 0 Å². The van der Waals surface area contributed by atoms with Crippen LogP contribution in [0.3, 0.4) is 0 Å². The molecule has 0 unspecified atom stereocenters. The molecule has 0 amide bonds. The Labute approximate surface area is 83.4 Å². The lowest BCUT2D eigenvalue weighted by molar-refractivity contribution is 0.636. The van der Waals surface area contributed by atoms with Gasteiger partial charge in [0.15, 0.2) is 0 Å². The van der Waals surface area contributed by atoms with Gasteiger partial charge < -0.3 is 0 Å². The van der Waals surface area contributed by atoms with Crippen LogP contribution in [0.5, 0.6) is 0 Å². The maximum absolute atomic E-state index is 9.50. The van der Waals surface area contributed by atoms with Crippen molar-refractivity contribution in [2.75, 3.05) is 7.18 Å². The highest BCUT2D eigenvalue weighted by atomic mass is 19.1. The second kappa shape index (κ2) is 5.04. The Bertz CT molecular complexity index is 447. The minimum absolute atomic E-state index is 0.500. The summed E-state index contributed by atoms with van der Waals surface area (Å²) in [7, 11) is 0.500. The normalized spacial score (nSPS) is 8.64. The molecule has 0 aliphatic carbocycles. The quantitative estimate of drug-likeness (QED) is 0.553. The van der Waals surface area contributed by atoms with E-state index < -0.39 is 0 Å². The molecule has 0 N–H and O–H groups in total. The van der Waals surface area contributed by atoms with Crippen molar-refractivity contribution in [3.8, 4) is 12.3 Å². The van der Waals surface area contributed by atoms with E-state index in [1.165, 1.54) is 5.39 Å². The van der Waals surface area contributed by atoms with E-state index in [1.807, 2.05) is 30.3 Å². The Hall–Kier alpha value is -1.81. The summed E-state index contributed by atoms with van der Waals surface area (Å²) < 4.78 is 9.50. The van der Waals surface area contributed by atoms with Crippen LogP contribution in [0.15, 0.2) is 42.5 Å². The molecule has 2 rings (SSSR count). The third kappa shape index (κ3) is 1.92. The number of alkyl halides is 1. The first-order valence-corrected chi connectivity index (χ1v) is 4.24. The van der Waals surface area contributed by atoms with E-state index in [-0.39, 0.29) is 0 Å². The summed E-state index contributed by atoms with van der Waals surface area (Å²) in [5, 5.41) is 2.36. The summed E-state index contributed by atoms with van der Waals surface area (Å²) in [5.74, 6) is 2.67. The van der Waals surface area contributed by atoms with E-state index in [1.54, 1.807) is 0 Å². The van der Waals surface area contributed by atoms with Crippen LogP contribution in [-0.4, -0.2) is 7.18 Å². The molecule has 0 nitrogen and oxygen atoms in total. The molecule has 0 aliphatic heterocycles. The molecular formula is C13H11F. The van der Waals surface area contributed by atoms with Crippen LogP contribution >= 0.6 is 0 Å². The molecular weight excluding hydrogens is 175 g/mol. The zero-order valence-electron chi connectivity index (χ0n) is 8.00. The van der Waals surface area contributed by atoms with Gasteiger partial charge in [-0.2, -0.15) is 0 Å². The Kier molecular flexibility index (Phi) is 3.69. The SMILES string of the molecule is C#Cc1cccc2ccccc12.CF. The summed E-state index contributed by atoms with van der Waals surface area (Å²) in [6, 6.07) is 14.1. The van der Waals surface area contributed by atoms with Crippen molar-refractivity contribution in [1.82, 2.24) is 0 Å². The van der Waals surface area contributed by atoms with Gasteiger partial charge in [-0.15, -0.1) is 6.42 Å². The molecule has 0 saturated carbocycles. The highest BCUT2D eigenvalue weighted by Gasteiger charge is 1.94. The standard InChI is InChI=1S/C12H8.CH3F/c1-2-10-7-5-8-11-6-3-4-9-12(10)11;1-2/h1,3-9H;1H3. The summed E-state index contributed by atoms with van der Waals surface area (Å²) >= 11 is 0. The molecule has 2 aromatic rings. The smallest absolute Gasteiger partial charge is 0.0785 e. The van der Waals surface area contributed by atoms with Gasteiger partial charge in [0.25, 0.3) is 0 Å². The first-order chi connectivity index (χ1) is 6.92. The third-order valence-corrected chi connectivity index (χ3v) is 1.95. The van der Waals surface area contributed by atoms with Crippen molar-refractivity contribution in [1.29, 1.82) is 0 Å². The molecule has 0 radical (unpaired) electrons. The van der Waals surface area contributed by atoms with Crippen LogP contribution in [0.4, 0.5) is 4.39 Å². The predicted molar refractivity (Wildman–Crippen MR) is 58.9 cm³/mol. The maximum Gasteiger partial charge on any atom is 0.0785 e. The van der Waals surface area contributed by atoms with Gasteiger partial charge in [-0.3, -0.25) is 4.39 Å². The highest BCUT2D eigenvalue weighted by Crippen LogP contribution is 2.16. The first kappa shape index (κ1) is 10.3. The average Bonchev–Trinajstić information content (AvgIpc) is 2.31. The number of benzene rings is 2. The van der Waals surface area contributed by atoms with Gasteiger partial charge in [0.1, 0.15) is 0 Å². The predicted octanol–water partition coefficient (Wildman–Crippen LogP) is 3.41. The Morgan fingerprint density at radius 2 is 1.64 bits per heavy atom. The molecule has 1 heteroatoms. The average molecular weight is 186 g/mol. The van der Waals surface area contributed by atoms with Crippen LogP contribution in [-0.2, 0) is 0 Å². The van der Waals surface area contributed by atoms with Gasteiger partial charge in [-0.25, -0.2) is 0 Å². The van der Waals surface area contributed by atoms with Gasteiger partial charge in [-0.1, -0.05) is 42.3 Å². The number of halogens is 1. The van der Waals surface area contributed by atoms with Crippen LogP contribution < -0.4 is 0 Å². The van der Waals surface area contributed by atoms with Crippen molar-refractivity contribution in [2.45, 2.75) is 0 Å². The summed E-state index contributed by atoms with van der Waals surface area (Å²) in [5.41, 5.74) is 0.966. The molecule has 2 aromatic carbocycles. The summed E-state index contributed by atoms with van der Waals surface area (Å²) in [6.07, 6.45) is 5.37. The minimum atomic E-state index is 0.500. The van der Waals surface area contributed by atoms with E-state index in [0.29, 0.717) is 7.18 Å². The van der Waals surface area contributed by atoms with Gasteiger partial charge in [-0.05, 0) is 16.8 Å². The van der Waals surface area contributed by atoms with Crippen molar-refractivity contribution < 1.29 is 4.39 Å². The molecule has 0 spiro atoms. The fourth-order valence-electron chi connectivity index (χ4n) is 1.35. The zero-order chi connectivity index (χ0) is 10.4. The second-order valence-corrected chi connectivity index (χ2v) is 2.67. The summed E-state index contributed by atoms with van der Waals surface area (Å²) in [6.45, 7) is 0. The van der Waals surface area contributed by atoms with Crippen molar-refractivity contribution in [2.24, 2.45) is 0 Å². The van der Waals surface area contributed by atoms with E-state index in [9.17, 15) is 4.39 Å². The minimum Gasteiger partial charge on any atom is -0.255 e. The lowest BCUT2D eigenvalue weighted by Crippen LogP contribution is -1.77. The Morgan fingerprint density at radius 3 is 2.36 bits per heavy atom. The Morgan fingerprint density at radius 1 is 1.00 bits per heavy atom. The van der Waals surface area contributed by atoms with Crippen molar-refractivity contribution >= 4 is 10.8 Å². The van der Waals surface area contributed by atoms with E-state index in [4.69, 9.17) is 6.42 Å². The molecule has 14 heavy (non-hydrogen) atoms. The zero-order valence-corrected chi connectivity index (χ0v) is 8.00. The molecule has 0 atom stereocenters. The fourth-order valence-corrected chi connectivity index (χ4v) is 1.35. The molecule has 0 bridgehead atoms. The van der Waals surface area contributed by atoms with E-state index >= 15 is 0 Å². The van der Waals surface area contributed by atoms with Crippen molar-refractivity contribution in [3.63, 3.8) is 0 Å². The lowest BCUT2D eigenvalue weighted by Gasteiger charge is -1.98. The fraction of sp³-hybridized carbons (Fsp3) is 0.0769. The molecule has 0 heterocycles. The van der Waals surface area contributed by atoms with E-state index in [2.05, 4.69) is 18.1 Å². The first-order valence-electron chi connectivity index (χ1n) is 4.24. The van der Waals surface area contributed by atoms with Gasteiger partial charge >= 0.3 is 0 Å². The van der Waals surface area contributed by atoms with Crippen LogP contribution in [0.25, 0.3) is 10.8 Å². The van der Waals surface area contributed by atoms with Gasteiger partial charge in [0, 0.05) is 5.56 Å². The number of terminal acetylenes is 1. The summed E-state index contributed by atoms with van der Waals surface area (Å²) in [4.78, 5) is 0. The molecule has 0 fully saturated rings. The number of fused-ring (bicyclic) bond motifs is 1. The van der Waals surface area contributed by atoms with Crippen molar-refractivity contribution in [3.05, 3.63) is 48.0 Å². The molecule has 0 saturated heterocycles. The highest BCUT2D eigenvalue weighted by molar-refractivity contribution is 5.87. The largest absolute Gasteiger partial charge is 0.255 e. The van der Waals surface area contributed by atoms with Crippen LogP contribution in [0, 0.1) is 12.3 Å². The number of hydrogen-bond donors (Lipinski definition) is 0. The lowest BCUT2D eigenvalue weighted by atomic mass is 10.1. The Balaban J connectivity index is 0.000000461. The number of rotatable bonds is 0. The van der Waals surface area contributed by atoms with Crippen LogP contribution in [0.1, 0.15) is 5.56 Å². The molecule has 0 aromatic heterocycles. The topological polar surface area (TPSA) is 0 Å². The third-order valence-electron chi connectivity index (χ3n) is 1.95. The maximum atomic E-state index is 9.50.